The van der Waals surface area contributed by atoms with Crippen LogP contribution in [0.25, 0.3) is 0 Å². The first kappa shape index (κ1) is 21.6. The summed E-state index contributed by atoms with van der Waals surface area (Å²) in [5.74, 6) is -0.176. The van der Waals surface area contributed by atoms with Crippen LogP contribution in [0.4, 0.5) is 0 Å². The first-order valence-corrected chi connectivity index (χ1v) is 11.0. The van der Waals surface area contributed by atoms with Crippen LogP contribution in [0.5, 0.6) is 0 Å². The Morgan fingerprint density at radius 2 is 2.04 bits per heavy atom. The number of nitrogens with zero attached hydrogens (tertiary/aromatic N) is 2. The van der Waals surface area contributed by atoms with Crippen LogP contribution in [0.1, 0.15) is 17.7 Å². The van der Waals surface area contributed by atoms with E-state index in [0.29, 0.717) is 23.7 Å². The Kier molecular flexibility index (Phi) is 7.87. The van der Waals surface area contributed by atoms with Gasteiger partial charge in [0, 0.05) is 50.7 Å². The SMILES string of the molecule is Cc1ccc(S(=O)(=O)N2CCCC2C(=O)NCCN2CCNCC2)s1.Cl. The molecule has 2 N–H and O–H groups in total. The molecule has 3 heterocycles. The summed E-state index contributed by atoms with van der Waals surface area (Å²) in [6.45, 7) is 7.57. The molecule has 1 amide bonds. The lowest BCUT2D eigenvalue weighted by Gasteiger charge is -2.28. The van der Waals surface area contributed by atoms with E-state index in [4.69, 9.17) is 0 Å². The summed E-state index contributed by atoms with van der Waals surface area (Å²) in [4.78, 5) is 15.8. The summed E-state index contributed by atoms with van der Waals surface area (Å²) >= 11 is 1.26. The molecular weight excluding hydrogens is 396 g/mol. The number of nitrogens with one attached hydrogen (secondary N) is 2. The monoisotopic (exact) mass is 422 g/mol. The lowest BCUT2D eigenvalue weighted by molar-refractivity contribution is -0.124. The van der Waals surface area contributed by atoms with Gasteiger partial charge in [-0.1, -0.05) is 0 Å². The maximum atomic E-state index is 12.8. The number of aryl methyl sites for hydroxylation is 1. The standard InChI is InChI=1S/C16H26N4O3S2.ClH/c1-13-4-5-15(24-13)25(22,23)20-9-2-3-14(20)16(21)18-8-12-19-10-6-17-7-11-19;/h4-5,14,17H,2-3,6-12H2,1H3,(H,18,21);1H. The molecule has 1 aromatic heterocycles. The van der Waals surface area contributed by atoms with E-state index in [9.17, 15) is 13.2 Å². The number of amides is 1. The highest BCUT2D eigenvalue weighted by molar-refractivity contribution is 7.91. The zero-order chi connectivity index (χ0) is 17.9. The van der Waals surface area contributed by atoms with E-state index in [0.717, 1.165) is 44.0 Å². The number of hydrogen-bond donors (Lipinski definition) is 2. The third-order valence-electron chi connectivity index (χ3n) is 4.72. The molecule has 10 heteroatoms. The fourth-order valence-corrected chi connectivity index (χ4v) is 6.42. The number of thiophene rings is 1. The third kappa shape index (κ3) is 4.96. The summed E-state index contributed by atoms with van der Waals surface area (Å²) in [7, 11) is -3.59. The Labute approximate surface area is 165 Å². The molecule has 7 nitrogen and oxygen atoms in total. The van der Waals surface area contributed by atoms with Crippen molar-refractivity contribution in [3.8, 4) is 0 Å². The highest BCUT2D eigenvalue weighted by atomic mass is 35.5. The van der Waals surface area contributed by atoms with E-state index in [-0.39, 0.29) is 18.3 Å². The van der Waals surface area contributed by atoms with Gasteiger partial charge in [0.05, 0.1) is 0 Å². The van der Waals surface area contributed by atoms with Crippen molar-refractivity contribution in [2.24, 2.45) is 0 Å². The van der Waals surface area contributed by atoms with E-state index in [2.05, 4.69) is 15.5 Å². The lowest BCUT2D eigenvalue weighted by Crippen LogP contribution is -2.49. The van der Waals surface area contributed by atoms with E-state index < -0.39 is 16.1 Å². The van der Waals surface area contributed by atoms with Gasteiger partial charge < -0.3 is 10.6 Å². The second-order valence-corrected chi connectivity index (χ2v) is 9.93. The first-order valence-electron chi connectivity index (χ1n) is 8.77. The lowest BCUT2D eigenvalue weighted by atomic mass is 10.2. The van der Waals surface area contributed by atoms with E-state index in [1.54, 1.807) is 12.1 Å². The predicted octanol–water partition coefficient (Wildman–Crippen LogP) is 0.653. The minimum absolute atomic E-state index is 0. The third-order valence-corrected chi connectivity index (χ3v) is 8.10. The van der Waals surface area contributed by atoms with Crippen molar-refractivity contribution in [1.29, 1.82) is 0 Å². The van der Waals surface area contributed by atoms with Gasteiger partial charge in [-0.2, -0.15) is 4.31 Å². The van der Waals surface area contributed by atoms with Gasteiger partial charge in [-0.15, -0.1) is 23.7 Å². The average Bonchev–Trinajstić information content (AvgIpc) is 3.25. The van der Waals surface area contributed by atoms with Crippen LogP contribution in [0.2, 0.25) is 0 Å². The summed E-state index contributed by atoms with van der Waals surface area (Å²) in [5, 5.41) is 6.22. The van der Waals surface area contributed by atoms with Crippen molar-refractivity contribution in [1.82, 2.24) is 19.8 Å². The highest BCUT2D eigenvalue weighted by Crippen LogP contribution is 2.30. The van der Waals surface area contributed by atoms with Crippen LogP contribution in [0, 0.1) is 6.92 Å². The van der Waals surface area contributed by atoms with Crippen LogP contribution < -0.4 is 10.6 Å². The molecule has 0 saturated carbocycles. The summed E-state index contributed by atoms with van der Waals surface area (Å²) in [5.41, 5.74) is 0. The molecule has 0 radical (unpaired) electrons. The van der Waals surface area contributed by atoms with Crippen molar-refractivity contribution in [2.75, 3.05) is 45.8 Å². The molecular formula is C16H27ClN4O3S2. The summed E-state index contributed by atoms with van der Waals surface area (Å²) in [6, 6.07) is 2.85. The predicted molar refractivity (Wildman–Crippen MR) is 106 cm³/mol. The van der Waals surface area contributed by atoms with Crippen LogP contribution in [0.15, 0.2) is 16.3 Å². The molecule has 0 aromatic carbocycles. The molecule has 26 heavy (non-hydrogen) atoms. The number of sulfonamides is 1. The van der Waals surface area contributed by atoms with Crippen molar-refractivity contribution in [3.05, 3.63) is 17.0 Å². The molecule has 1 atom stereocenters. The Morgan fingerprint density at radius 3 is 2.69 bits per heavy atom. The minimum atomic E-state index is -3.59. The molecule has 0 spiro atoms. The van der Waals surface area contributed by atoms with Crippen molar-refractivity contribution < 1.29 is 13.2 Å². The number of carbonyl (C=O) groups is 1. The zero-order valence-corrected chi connectivity index (χ0v) is 17.4. The maximum absolute atomic E-state index is 12.8. The quantitative estimate of drug-likeness (QED) is 0.703. The molecule has 2 fully saturated rings. The molecule has 148 valence electrons. The van der Waals surface area contributed by atoms with Gasteiger partial charge >= 0.3 is 0 Å². The van der Waals surface area contributed by atoms with Crippen LogP contribution in [0.3, 0.4) is 0 Å². The molecule has 1 unspecified atom stereocenters. The van der Waals surface area contributed by atoms with E-state index in [1.165, 1.54) is 15.6 Å². The average molecular weight is 423 g/mol. The first-order chi connectivity index (χ1) is 12.0. The molecule has 0 bridgehead atoms. The normalized spacial score (nSPS) is 22.1. The second-order valence-electron chi connectivity index (χ2n) is 6.52. The zero-order valence-electron chi connectivity index (χ0n) is 14.9. The number of halogens is 1. The topological polar surface area (TPSA) is 81.8 Å². The minimum Gasteiger partial charge on any atom is -0.353 e. The van der Waals surface area contributed by atoms with Crippen LogP contribution in [-0.4, -0.2) is 75.4 Å². The maximum Gasteiger partial charge on any atom is 0.253 e. The van der Waals surface area contributed by atoms with Crippen molar-refractivity contribution in [2.45, 2.75) is 30.0 Å². The Bertz CT molecular complexity index is 704. The van der Waals surface area contributed by atoms with Crippen LogP contribution in [-0.2, 0) is 14.8 Å². The smallest absolute Gasteiger partial charge is 0.253 e. The van der Waals surface area contributed by atoms with Gasteiger partial charge in [-0.05, 0) is 31.9 Å². The van der Waals surface area contributed by atoms with Crippen molar-refractivity contribution in [3.63, 3.8) is 0 Å². The molecule has 2 aliphatic rings. The van der Waals surface area contributed by atoms with Gasteiger partial charge in [0.15, 0.2) is 0 Å². The Hall–Kier alpha value is -0.710. The highest BCUT2D eigenvalue weighted by Gasteiger charge is 2.39. The van der Waals surface area contributed by atoms with Gasteiger partial charge in [0.25, 0.3) is 10.0 Å². The van der Waals surface area contributed by atoms with Gasteiger partial charge in [0.1, 0.15) is 10.3 Å². The van der Waals surface area contributed by atoms with E-state index in [1.807, 2.05) is 6.92 Å². The second kappa shape index (κ2) is 9.48. The number of piperazine rings is 1. The summed E-state index contributed by atoms with van der Waals surface area (Å²) < 4.78 is 27.3. The molecule has 2 aliphatic heterocycles. The molecule has 0 aliphatic carbocycles. The fraction of sp³-hybridized carbons (Fsp3) is 0.688. The van der Waals surface area contributed by atoms with Gasteiger partial charge in [-0.3, -0.25) is 9.69 Å². The van der Waals surface area contributed by atoms with Gasteiger partial charge in [0.2, 0.25) is 5.91 Å². The Morgan fingerprint density at radius 1 is 1.31 bits per heavy atom. The Balaban J connectivity index is 0.00000243. The number of carbonyl (C=O) groups excluding carboxylic acids is 1. The fourth-order valence-electron chi connectivity index (χ4n) is 3.35. The van der Waals surface area contributed by atoms with E-state index >= 15 is 0 Å². The van der Waals surface area contributed by atoms with Gasteiger partial charge in [-0.25, -0.2) is 8.42 Å². The molecule has 3 rings (SSSR count). The molecule has 1 aromatic rings. The van der Waals surface area contributed by atoms with Crippen molar-refractivity contribution >= 4 is 39.7 Å². The number of rotatable bonds is 6. The van der Waals surface area contributed by atoms with Crippen LogP contribution >= 0.6 is 23.7 Å². The summed E-state index contributed by atoms with van der Waals surface area (Å²) in [6.07, 6.45) is 1.31. The largest absolute Gasteiger partial charge is 0.353 e. The molecule has 2 saturated heterocycles. The number of hydrogen-bond acceptors (Lipinski definition) is 6.